The van der Waals surface area contributed by atoms with Gasteiger partial charge in [0.2, 0.25) is 10.9 Å². The van der Waals surface area contributed by atoms with Crippen LogP contribution in [0, 0.1) is 5.92 Å². The molecule has 4 rings (SSSR count). The van der Waals surface area contributed by atoms with E-state index < -0.39 is 10.9 Å². The monoisotopic (exact) mass is 423 g/mol. The van der Waals surface area contributed by atoms with Crippen LogP contribution in [0.15, 0.2) is 24.3 Å². The molecule has 2 heterocycles. The van der Waals surface area contributed by atoms with Gasteiger partial charge in [0, 0.05) is 51.3 Å². The van der Waals surface area contributed by atoms with Crippen LogP contribution >= 0.6 is 0 Å². The Morgan fingerprint density at radius 3 is 2.48 bits per heavy atom. The number of piperazine rings is 1. The van der Waals surface area contributed by atoms with Crippen molar-refractivity contribution in [2.24, 2.45) is 5.92 Å². The van der Waals surface area contributed by atoms with Gasteiger partial charge in [0.1, 0.15) is 0 Å². The summed E-state index contributed by atoms with van der Waals surface area (Å²) < 4.78 is 35.6. The molecule has 1 aromatic rings. The molecular formula is C21H33N3O4S. The van der Waals surface area contributed by atoms with Crippen molar-refractivity contribution in [1.29, 1.82) is 0 Å². The van der Waals surface area contributed by atoms with Crippen molar-refractivity contribution in [1.82, 2.24) is 9.62 Å². The fourth-order valence-electron chi connectivity index (χ4n) is 4.81. The molecule has 0 atom stereocenters. The summed E-state index contributed by atoms with van der Waals surface area (Å²) in [4.78, 5) is 4.98. The van der Waals surface area contributed by atoms with Gasteiger partial charge in [0.05, 0.1) is 13.2 Å². The quantitative estimate of drug-likeness (QED) is 0.651. The first kappa shape index (κ1) is 21.1. The van der Waals surface area contributed by atoms with Crippen LogP contribution in [-0.2, 0) is 26.9 Å². The summed E-state index contributed by atoms with van der Waals surface area (Å²) in [5.74, 6) is 0.554. The van der Waals surface area contributed by atoms with Gasteiger partial charge >= 0.3 is 0 Å². The Hall–Kier alpha value is -1.19. The lowest BCUT2D eigenvalue weighted by Gasteiger charge is -2.38. The summed E-state index contributed by atoms with van der Waals surface area (Å²) >= 11 is 0. The van der Waals surface area contributed by atoms with Crippen LogP contribution in [0.3, 0.4) is 0 Å². The molecule has 3 aliphatic rings. The van der Waals surface area contributed by atoms with Gasteiger partial charge in [-0.05, 0) is 49.4 Å². The number of ether oxygens (including phenoxy) is 2. The maximum absolute atomic E-state index is 10.7. The second-order valence-corrected chi connectivity index (χ2v) is 9.26. The zero-order valence-corrected chi connectivity index (χ0v) is 17.9. The van der Waals surface area contributed by atoms with E-state index in [9.17, 15) is 8.42 Å². The predicted octanol–water partition coefficient (Wildman–Crippen LogP) is 1.75. The van der Waals surface area contributed by atoms with Gasteiger partial charge in [-0.25, -0.2) is 13.1 Å². The molecule has 162 valence electrons. The highest BCUT2D eigenvalue weighted by Crippen LogP contribution is 2.39. The van der Waals surface area contributed by atoms with Crippen LogP contribution in [-0.4, -0.2) is 65.0 Å². The zero-order valence-electron chi connectivity index (χ0n) is 17.1. The summed E-state index contributed by atoms with van der Waals surface area (Å²) in [6.45, 7) is 7.23. The molecule has 0 amide bonds. The highest BCUT2D eigenvalue weighted by atomic mass is 32.2. The first-order valence-corrected chi connectivity index (χ1v) is 12.0. The first-order valence-electron chi connectivity index (χ1n) is 10.8. The molecule has 1 N–H and O–H groups in total. The number of hydrogen-bond acceptors (Lipinski definition) is 6. The van der Waals surface area contributed by atoms with E-state index in [1.54, 1.807) is 0 Å². The normalized spacial score (nSPS) is 23.3. The molecular weight excluding hydrogens is 390 g/mol. The van der Waals surface area contributed by atoms with E-state index in [4.69, 9.17) is 9.47 Å². The van der Waals surface area contributed by atoms with Crippen LogP contribution in [0.4, 0.5) is 5.69 Å². The van der Waals surface area contributed by atoms with Crippen molar-refractivity contribution in [3.63, 3.8) is 0 Å². The van der Waals surface area contributed by atoms with Gasteiger partial charge in [0.15, 0.2) is 5.79 Å². The molecule has 0 radical (unpaired) electrons. The molecule has 0 bridgehead atoms. The highest BCUT2D eigenvalue weighted by Gasteiger charge is 2.40. The van der Waals surface area contributed by atoms with Crippen molar-refractivity contribution in [2.45, 2.75) is 44.4 Å². The van der Waals surface area contributed by atoms with Gasteiger partial charge in [0.25, 0.3) is 0 Å². The smallest absolute Gasteiger partial charge is 0.201 e. The number of rotatable bonds is 7. The summed E-state index contributed by atoms with van der Waals surface area (Å²) in [6.07, 6.45) is 5.81. The zero-order chi connectivity index (χ0) is 20.1. The molecule has 29 heavy (non-hydrogen) atoms. The maximum atomic E-state index is 10.7. The van der Waals surface area contributed by atoms with Crippen LogP contribution < -0.4 is 9.62 Å². The Bertz CT molecular complexity index is 725. The third kappa shape index (κ3) is 5.70. The maximum Gasteiger partial charge on any atom is 0.201 e. The lowest BCUT2D eigenvalue weighted by molar-refractivity contribution is -0.182. The lowest BCUT2D eigenvalue weighted by Crippen LogP contribution is -2.47. The van der Waals surface area contributed by atoms with Crippen molar-refractivity contribution >= 4 is 16.6 Å². The predicted molar refractivity (Wildman–Crippen MR) is 113 cm³/mol. The number of anilines is 1. The van der Waals surface area contributed by atoms with E-state index in [0.29, 0.717) is 6.54 Å². The molecule has 1 spiro atoms. The van der Waals surface area contributed by atoms with E-state index in [1.165, 1.54) is 31.5 Å². The van der Waals surface area contributed by atoms with Gasteiger partial charge < -0.3 is 14.4 Å². The Morgan fingerprint density at radius 1 is 1.07 bits per heavy atom. The molecule has 7 nitrogen and oxygen atoms in total. The fourth-order valence-corrected chi connectivity index (χ4v) is 5.12. The Labute approximate surface area is 175 Å². The molecule has 8 heteroatoms. The number of thiol groups is 1. The number of nitrogens with zero attached hydrogens (tertiary/aromatic N) is 2. The minimum absolute atomic E-state index is 0.241. The third-order valence-corrected chi connectivity index (χ3v) is 7.01. The Morgan fingerprint density at radius 2 is 1.79 bits per heavy atom. The lowest BCUT2D eigenvalue weighted by atomic mass is 9.83. The van der Waals surface area contributed by atoms with Gasteiger partial charge in [-0.1, -0.05) is 12.1 Å². The summed E-state index contributed by atoms with van der Waals surface area (Å²) in [5.41, 5.74) is 2.17. The van der Waals surface area contributed by atoms with E-state index in [0.717, 1.165) is 63.7 Å². The summed E-state index contributed by atoms with van der Waals surface area (Å²) in [7, 11) is -2.55. The van der Waals surface area contributed by atoms with E-state index in [-0.39, 0.29) is 5.79 Å². The standard InChI is InChI=1S/C21H33N3O4S/c25-29(26)22-17-19-2-1-3-20(16-19)24-12-10-23(11-13-24)9-6-18-4-7-21(8-5-18)27-14-15-28-21/h1-3,16,18,29H,4-15,17H2,(H,22,25,26). The summed E-state index contributed by atoms with van der Waals surface area (Å²) in [5, 5.41) is 0. The van der Waals surface area contributed by atoms with Crippen molar-refractivity contribution in [3.8, 4) is 0 Å². The van der Waals surface area contributed by atoms with E-state index in [1.807, 2.05) is 12.1 Å². The molecule has 0 unspecified atom stereocenters. The van der Waals surface area contributed by atoms with Crippen molar-refractivity contribution in [3.05, 3.63) is 29.8 Å². The highest BCUT2D eigenvalue weighted by molar-refractivity contribution is 7.70. The second kappa shape index (κ2) is 9.75. The average Bonchev–Trinajstić information content (AvgIpc) is 3.20. The molecule has 2 aliphatic heterocycles. The van der Waals surface area contributed by atoms with Crippen LogP contribution in [0.2, 0.25) is 0 Å². The average molecular weight is 424 g/mol. The van der Waals surface area contributed by atoms with Crippen LogP contribution in [0.1, 0.15) is 37.7 Å². The molecule has 1 aliphatic carbocycles. The SMILES string of the molecule is O=[SH](=O)NCc1cccc(N2CCN(CCC3CCC4(CC3)OCCO4)CC2)c1. The largest absolute Gasteiger partial charge is 0.369 e. The third-order valence-electron chi connectivity index (χ3n) is 6.59. The van der Waals surface area contributed by atoms with Crippen LogP contribution in [0.25, 0.3) is 0 Å². The Kier molecular flexibility index (Phi) is 7.08. The van der Waals surface area contributed by atoms with Crippen molar-refractivity contribution < 1.29 is 17.9 Å². The molecule has 0 aromatic heterocycles. The minimum Gasteiger partial charge on any atom is -0.369 e. The van der Waals surface area contributed by atoms with Crippen LogP contribution in [0.5, 0.6) is 0 Å². The minimum atomic E-state index is -2.55. The molecule has 3 fully saturated rings. The van der Waals surface area contributed by atoms with Gasteiger partial charge in [-0.3, -0.25) is 4.90 Å². The number of hydrogen-bond donors (Lipinski definition) is 2. The van der Waals surface area contributed by atoms with E-state index >= 15 is 0 Å². The first-order chi connectivity index (χ1) is 14.1. The topological polar surface area (TPSA) is 71.1 Å². The molecule has 2 saturated heterocycles. The second-order valence-electron chi connectivity index (χ2n) is 8.43. The molecule has 1 aromatic carbocycles. The summed E-state index contributed by atoms with van der Waals surface area (Å²) in [6, 6.07) is 8.17. The number of nitrogens with one attached hydrogen (secondary N) is 1. The van der Waals surface area contributed by atoms with Gasteiger partial charge in [-0.15, -0.1) is 0 Å². The molecule has 1 saturated carbocycles. The van der Waals surface area contributed by atoms with E-state index in [2.05, 4.69) is 26.7 Å². The van der Waals surface area contributed by atoms with Gasteiger partial charge in [-0.2, -0.15) is 0 Å². The fraction of sp³-hybridized carbons (Fsp3) is 0.714. The Balaban J connectivity index is 1.18. The van der Waals surface area contributed by atoms with Crippen molar-refractivity contribution in [2.75, 3.05) is 50.8 Å². The number of benzene rings is 1.